The van der Waals surface area contributed by atoms with Crippen molar-refractivity contribution in [2.45, 2.75) is 51.1 Å². The van der Waals surface area contributed by atoms with Crippen molar-refractivity contribution in [1.82, 2.24) is 20.4 Å². The molecule has 2 aliphatic heterocycles. The molecule has 3 fully saturated rings. The Bertz CT molecular complexity index is 513. The van der Waals surface area contributed by atoms with Crippen LogP contribution in [0.3, 0.4) is 0 Å². The van der Waals surface area contributed by atoms with Crippen molar-refractivity contribution in [3.8, 4) is 0 Å². The van der Waals surface area contributed by atoms with Crippen molar-refractivity contribution >= 4 is 17.8 Å². The molecule has 2 saturated heterocycles. The maximum absolute atomic E-state index is 12.7. The summed E-state index contributed by atoms with van der Waals surface area (Å²) in [7, 11) is 0. The third-order valence-corrected chi connectivity index (χ3v) is 5.25. The molecule has 7 heteroatoms. The summed E-state index contributed by atoms with van der Waals surface area (Å²) < 4.78 is 0. The van der Waals surface area contributed by atoms with Crippen LogP contribution in [-0.2, 0) is 9.59 Å². The average Bonchev–Trinajstić information content (AvgIpc) is 3.20. The highest BCUT2D eigenvalue weighted by atomic mass is 16.2. The lowest BCUT2D eigenvalue weighted by molar-refractivity contribution is -0.140. The third-order valence-electron chi connectivity index (χ3n) is 5.25. The summed E-state index contributed by atoms with van der Waals surface area (Å²) in [4.78, 5) is 40.4. The predicted molar refractivity (Wildman–Crippen MR) is 84.7 cm³/mol. The van der Waals surface area contributed by atoms with Gasteiger partial charge in [-0.25, -0.2) is 4.79 Å². The van der Waals surface area contributed by atoms with Gasteiger partial charge in [0.2, 0.25) is 5.91 Å². The van der Waals surface area contributed by atoms with E-state index in [9.17, 15) is 14.4 Å². The molecule has 2 unspecified atom stereocenters. The minimum absolute atomic E-state index is 0.135. The van der Waals surface area contributed by atoms with E-state index >= 15 is 0 Å². The molecule has 0 aromatic heterocycles. The molecule has 128 valence electrons. The second-order valence-electron chi connectivity index (χ2n) is 7.03. The predicted octanol–water partition coefficient (Wildman–Crippen LogP) is 0.307. The lowest BCUT2D eigenvalue weighted by Crippen LogP contribution is -2.49. The molecule has 1 saturated carbocycles. The number of carbonyl (C=O) groups is 3. The van der Waals surface area contributed by atoms with Crippen molar-refractivity contribution in [3.63, 3.8) is 0 Å². The largest absolute Gasteiger partial charge is 0.337 e. The summed E-state index contributed by atoms with van der Waals surface area (Å²) in [6, 6.07) is -0.267. The first-order valence-electron chi connectivity index (χ1n) is 8.61. The second kappa shape index (κ2) is 6.11. The minimum Gasteiger partial charge on any atom is -0.337 e. The highest BCUT2D eigenvalue weighted by Crippen LogP contribution is 2.42. The Kier molecular flexibility index (Phi) is 4.31. The number of nitrogens with one attached hydrogen (secondary N) is 2. The van der Waals surface area contributed by atoms with E-state index in [2.05, 4.69) is 10.6 Å². The van der Waals surface area contributed by atoms with Gasteiger partial charge in [0, 0.05) is 19.1 Å². The first-order valence-corrected chi connectivity index (χ1v) is 8.61. The van der Waals surface area contributed by atoms with Gasteiger partial charge in [0.1, 0.15) is 12.1 Å². The zero-order valence-corrected chi connectivity index (χ0v) is 13.9. The summed E-state index contributed by atoms with van der Waals surface area (Å²) in [5.74, 6) is -0.173. The standard InChI is InChI=1S/C16H26N4O3/c1-3-8-19(12-6-7-17-9-12)13(21)10-20-14(22)16(2,11-4-5-11)18-15(20)23/h11-12,17H,3-10H2,1-2H3,(H,18,23). The Morgan fingerprint density at radius 2 is 2.09 bits per heavy atom. The van der Waals surface area contributed by atoms with Crippen molar-refractivity contribution in [2.24, 2.45) is 5.92 Å². The van der Waals surface area contributed by atoms with E-state index in [0.717, 1.165) is 43.7 Å². The van der Waals surface area contributed by atoms with Crippen LogP contribution < -0.4 is 10.6 Å². The molecule has 2 atom stereocenters. The van der Waals surface area contributed by atoms with Gasteiger partial charge < -0.3 is 15.5 Å². The number of urea groups is 1. The van der Waals surface area contributed by atoms with Gasteiger partial charge in [0.05, 0.1) is 0 Å². The van der Waals surface area contributed by atoms with Gasteiger partial charge in [-0.3, -0.25) is 14.5 Å². The van der Waals surface area contributed by atoms with Crippen molar-refractivity contribution in [2.75, 3.05) is 26.2 Å². The van der Waals surface area contributed by atoms with Crippen LogP contribution in [-0.4, -0.2) is 65.4 Å². The quantitative estimate of drug-likeness (QED) is 0.690. The Labute approximate surface area is 136 Å². The van der Waals surface area contributed by atoms with Crippen molar-refractivity contribution in [3.05, 3.63) is 0 Å². The molecule has 1 aliphatic carbocycles. The van der Waals surface area contributed by atoms with Crippen LogP contribution >= 0.6 is 0 Å². The smallest absolute Gasteiger partial charge is 0.325 e. The van der Waals surface area contributed by atoms with Crippen molar-refractivity contribution in [1.29, 1.82) is 0 Å². The number of imide groups is 1. The van der Waals surface area contributed by atoms with Crippen LogP contribution in [0.25, 0.3) is 0 Å². The second-order valence-corrected chi connectivity index (χ2v) is 7.03. The summed E-state index contributed by atoms with van der Waals surface area (Å²) in [6.45, 7) is 6.01. The van der Waals surface area contributed by atoms with E-state index < -0.39 is 11.6 Å². The first kappa shape index (κ1) is 16.2. The van der Waals surface area contributed by atoms with Gasteiger partial charge in [-0.15, -0.1) is 0 Å². The molecule has 3 aliphatic rings. The lowest BCUT2D eigenvalue weighted by Gasteiger charge is -2.29. The van der Waals surface area contributed by atoms with Gasteiger partial charge in [-0.2, -0.15) is 0 Å². The fourth-order valence-electron chi connectivity index (χ4n) is 3.68. The molecule has 2 heterocycles. The molecule has 0 spiro atoms. The SMILES string of the molecule is CCCN(C(=O)CN1C(=O)NC(C)(C2CC2)C1=O)C1CCNC1. The van der Waals surface area contributed by atoms with Crippen LogP contribution in [0.1, 0.15) is 39.5 Å². The summed E-state index contributed by atoms with van der Waals surface area (Å²) >= 11 is 0. The Hall–Kier alpha value is -1.63. The number of amides is 4. The Morgan fingerprint density at radius 1 is 1.35 bits per heavy atom. The molecular weight excluding hydrogens is 296 g/mol. The fourth-order valence-corrected chi connectivity index (χ4v) is 3.68. The molecule has 0 aromatic rings. The minimum atomic E-state index is -0.818. The highest BCUT2D eigenvalue weighted by molar-refractivity contribution is 6.09. The van der Waals surface area contributed by atoms with Gasteiger partial charge in [0.15, 0.2) is 0 Å². The van der Waals surface area contributed by atoms with E-state index in [1.165, 1.54) is 0 Å². The fraction of sp³-hybridized carbons (Fsp3) is 0.812. The van der Waals surface area contributed by atoms with Crippen LogP contribution in [0.4, 0.5) is 4.79 Å². The maximum atomic E-state index is 12.7. The zero-order chi connectivity index (χ0) is 16.6. The highest BCUT2D eigenvalue weighted by Gasteiger charge is 2.56. The van der Waals surface area contributed by atoms with Crippen LogP contribution in [0.2, 0.25) is 0 Å². The molecule has 0 bridgehead atoms. The van der Waals surface area contributed by atoms with Gasteiger partial charge in [-0.1, -0.05) is 6.92 Å². The van der Waals surface area contributed by atoms with Crippen LogP contribution in [0, 0.1) is 5.92 Å². The molecule has 3 rings (SSSR count). The van der Waals surface area contributed by atoms with Crippen LogP contribution in [0.15, 0.2) is 0 Å². The first-order chi connectivity index (χ1) is 11.0. The van der Waals surface area contributed by atoms with E-state index in [4.69, 9.17) is 0 Å². The van der Waals surface area contributed by atoms with Crippen LogP contribution in [0.5, 0.6) is 0 Å². The summed E-state index contributed by atoms with van der Waals surface area (Å²) in [5, 5.41) is 6.05. The number of nitrogens with zero attached hydrogens (tertiary/aromatic N) is 2. The van der Waals surface area contributed by atoms with Gasteiger partial charge in [0.25, 0.3) is 5.91 Å². The number of hydrogen-bond donors (Lipinski definition) is 2. The van der Waals surface area contributed by atoms with Gasteiger partial charge >= 0.3 is 6.03 Å². The Morgan fingerprint density at radius 3 is 2.65 bits per heavy atom. The van der Waals surface area contributed by atoms with Crippen molar-refractivity contribution < 1.29 is 14.4 Å². The zero-order valence-electron chi connectivity index (χ0n) is 13.9. The maximum Gasteiger partial charge on any atom is 0.325 e. The monoisotopic (exact) mass is 322 g/mol. The Balaban J connectivity index is 1.68. The summed E-state index contributed by atoms with van der Waals surface area (Å²) in [5.41, 5.74) is -0.818. The normalized spacial score (nSPS) is 30.7. The molecule has 23 heavy (non-hydrogen) atoms. The lowest BCUT2D eigenvalue weighted by atomic mass is 9.96. The molecular formula is C16H26N4O3. The molecule has 4 amide bonds. The molecule has 0 aromatic carbocycles. The van der Waals surface area contributed by atoms with E-state index in [-0.39, 0.29) is 30.3 Å². The third kappa shape index (κ3) is 2.94. The molecule has 2 N–H and O–H groups in total. The topological polar surface area (TPSA) is 81.8 Å². The number of rotatable bonds is 6. The molecule has 0 radical (unpaired) electrons. The molecule has 7 nitrogen and oxygen atoms in total. The van der Waals surface area contributed by atoms with Gasteiger partial charge in [-0.05, 0) is 45.1 Å². The summed E-state index contributed by atoms with van der Waals surface area (Å²) in [6.07, 6.45) is 3.70. The van der Waals surface area contributed by atoms with E-state index in [0.29, 0.717) is 6.54 Å². The van der Waals surface area contributed by atoms with E-state index in [1.54, 1.807) is 6.92 Å². The van der Waals surface area contributed by atoms with E-state index in [1.807, 2.05) is 11.8 Å². The number of hydrogen-bond acceptors (Lipinski definition) is 4. The number of carbonyl (C=O) groups excluding carboxylic acids is 3. The average molecular weight is 322 g/mol.